The second-order valence-corrected chi connectivity index (χ2v) is 5.07. The Balaban J connectivity index is 2.84. The van der Waals surface area contributed by atoms with E-state index in [0.29, 0.717) is 23.4 Å². The second kappa shape index (κ2) is 5.60. The Morgan fingerprint density at radius 3 is 2.56 bits per heavy atom. The van der Waals surface area contributed by atoms with E-state index in [1.165, 1.54) is 13.2 Å². The standard InChI is InChI=1S/C9H10BrFO4S/c1-14-4-5-15-9-3-2-7(6-8(9)10)16(11,12)13/h2-3,6H,4-5H2,1H3. The number of hydrogen-bond donors (Lipinski definition) is 0. The number of benzene rings is 1. The van der Waals surface area contributed by atoms with Crippen molar-refractivity contribution >= 4 is 26.2 Å². The predicted octanol–water partition coefficient (Wildman–Crippen LogP) is 2.13. The Bertz CT molecular complexity index is 461. The van der Waals surface area contributed by atoms with E-state index in [0.717, 1.165) is 12.1 Å². The van der Waals surface area contributed by atoms with Crippen molar-refractivity contribution in [3.63, 3.8) is 0 Å². The van der Waals surface area contributed by atoms with Crippen LogP contribution in [0.15, 0.2) is 27.6 Å². The van der Waals surface area contributed by atoms with E-state index in [1.807, 2.05) is 0 Å². The lowest BCUT2D eigenvalue weighted by Gasteiger charge is -2.07. The summed E-state index contributed by atoms with van der Waals surface area (Å²) in [4.78, 5) is -0.404. The van der Waals surface area contributed by atoms with Crippen LogP contribution >= 0.6 is 15.9 Å². The van der Waals surface area contributed by atoms with Crippen LogP contribution in [0.1, 0.15) is 0 Å². The molecule has 0 amide bonds. The maximum absolute atomic E-state index is 12.6. The summed E-state index contributed by atoms with van der Waals surface area (Å²) in [5.41, 5.74) is 0. The van der Waals surface area contributed by atoms with Crippen molar-refractivity contribution in [3.8, 4) is 5.75 Å². The summed E-state index contributed by atoms with van der Waals surface area (Å²) in [6.07, 6.45) is 0. The second-order valence-electron chi connectivity index (χ2n) is 2.87. The lowest BCUT2D eigenvalue weighted by Crippen LogP contribution is -2.04. The number of rotatable bonds is 5. The summed E-state index contributed by atoms with van der Waals surface area (Å²) in [6, 6.07) is 3.67. The lowest BCUT2D eigenvalue weighted by molar-refractivity contribution is 0.146. The van der Waals surface area contributed by atoms with Gasteiger partial charge in [-0.25, -0.2) is 0 Å². The van der Waals surface area contributed by atoms with Gasteiger partial charge in [-0.05, 0) is 34.1 Å². The van der Waals surface area contributed by atoms with Crippen LogP contribution in [0.2, 0.25) is 0 Å². The normalized spacial score (nSPS) is 11.4. The maximum atomic E-state index is 12.6. The van der Waals surface area contributed by atoms with E-state index >= 15 is 0 Å². The third kappa shape index (κ3) is 3.73. The molecule has 0 unspecified atom stereocenters. The molecule has 1 aromatic carbocycles. The molecule has 0 aliphatic rings. The lowest BCUT2D eigenvalue weighted by atomic mass is 10.3. The van der Waals surface area contributed by atoms with Gasteiger partial charge in [0.15, 0.2) is 0 Å². The van der Waals surface area contributed by atoms with Gasteiger partial charge in [0.25, 0.3) is 0 Å². The van der Waals surface area contributed by atoms with Crippen LogP contribution in [0.4, 0.5) is 3.89 Å². The molecular formula is C9H10BrFO4S. The van der Waals surface area contributed by atoms with E-state index in [1.54, 1.807) is 0 Å². The van der Waals surface area contributed by atoms with Gasteiger partial charge in [0.05, 0.1) is 16.0 Å². The summed E-state index contributed by atoms with van der Waals surface area (Å²) in [7, 11) is -3.14. The van der Waals surface area contributed by atoms with Crippen LogP contribution in [-0.4, -0.2) is 28.7 Å². The van der Waals surface area contributed by atoms with E-state index < -0.39 is 15.1 Å². The molecule has 0 bridgehead atoms. The molecule has 4 nitrogen and oxygen atoms in total. The highest BCUT2D eigenvalue weighted by atomic mass is 79.9. The van der Waals surface area contributed by atoms with E-state index in [9.17, 15) is 12.3 Å². The summed E-state index contributed by atoms with van der Waals surface area (Å²) < 4.78 is 44.3. The first-order valence-electron chi connectivity index (χ1n) is 4.31. The highest BCUT2D eigenvalue weighted by molar-refractivity contribution is 9.10. The minimum Gasteiger partial charge on any atom is -0.490 e. The molecule has 0 aliphatic carbocycles. The molecule has 1 aromatic rings. The van der Waals surface area contributed by atoms with E-state index in [2.05, 4.69) is 15.9 Å². The van der Waals surface area contributed by atoms with Crippen molar-refractivity contribution < 1.29 is 21.8 Å². The average Bonchev–Trinajstić information content (AvgIpc) is 2.19. The minimum atomic E-state index is -4.68. The van der Waals surface area contributed by atoms with Gasteiger partial charge in [0, 0.05) is 7.11 Å². The average molecular weight is 313 g/mol. The Kier molecular flexibility index (Phi) is 4.69. The molecule has 0 heterocycles. The monoisotopic (exact) mass is 312 g/mol. The van der Waals surface area contributed by atoms with Gasteiger partial charge in [-0.2, -0.15) is 8.42 Å². The summed E-state index contributed by atoms with van der Waals surface area (Å²) in [5.74, 6) is 0.435. The van der Waals surface area contributed by atoms with Crippen LogP contribution in [-0.2, 0) is 15.0 Å². The maximum Gasteiger partial charge on any atom is 0.332 e. The number of halogens is 2. The zero-order valence-electron chi connectivity index (χ0n) is 8.44. The van der Waals surface area contributed by atoms with Crippen LogP contribution < -0.4 is 4.74 Å². The quantitative estimate of drug-likeness (QED) is 0.617. The van der Waals surface area contributed by atoms with Crippen molar-refractivity contribution in [1.29, 1.82) is 0 Å². The molecule has 7 heteroatoms. The topological polar surface area (TPSA) is 52.6 Å². The van der Waals surface area contributed by atoms with E-state index in [4.69, 9.17) is 9.47 Å². The van der Waals surface area contributed by atoms with E-state index in [-0.39, 0.29) is 0 Å². The molecule has 90 valence electrons. The number of hydrogen-bond acceptors (Lipinski definition) is 4. The van der Waals surface area contributed by atoms with Gasteiger partial charge in [0.1, 0.15) is 12.4 Å². The van der Waals surface area contributed by atoms with Crippen molar-refractivity contribution in [2.24, 2.45) is 0 Å². The van der Waals surface area contributed by atoms with Gasteiger partial charge in [0.2, 0.25) is 0 Å². The smallest absolute Gasteiger partial charge is 0.332 e. The van der Waals surface area contributed by atoms with Crippen molar-refractivity contribution in [3.05, 3.63) is 22.7 Å². The first-order valence-corrected chi connectivity index (χ1v) is 6.49. The fourth-order valence-electron chi connectivity index (χ4n) is 0.985. The van der Waals surface area contributed by atoms with Crippen LogP contribution in [0.25, 0.3) is 0 Å². The Hall–Kier alpha value is -0.660. The molecule has 0 N–H and O–H groups in total. The Morgan fingerprint density at radius 2 is 2.06 bits per heavy atom. The fraction of sp³-hybridized carbons (Fsp3) is 0.333. The molecule has 0 aromatic heterocycles. The number of ether oxygens (including phenoxy) is 2. The predicted molar refractivity (Wildman–Crippen MR) is 59.8 cm³/mol. The Morgan fingerprint density at radius 1 is 1.38 bits per heavy atom. The van der Waals surface area contributed by atoms with Crippen LogP contribution in [0.3, 0.4) is 0 Å². The zero-order chi connectivity index (χ0) is 12.2. The molecule has 0 saturated heterocycles. The molecule has 0 saturated carbocycles. The third-order valence-corrected chi connectivity index (χ3v) is 3.17. The van der Waals surface area contributed by atoms with Crippen LogP contribution in [0.5, 0.6) is 5.75 Å². The largest absolute Gasteiger partial charge is 0.490 e. The van der Waals surface area contributed by atoms with Gasteiger partial charge >= 0.3 is 10.2 Å². The van der Waals surface area contributed by atoms with Crippen molar-refractivity contribution in [1.82, 2.24) is 0 Å². The zero-order valence-corrected chi connectivity index (χ0v) is 10.8. The fourth-order valence-corrected chi connectivity index (χ4v) is 2.12. The highest BCUT2D eigenvalue weighted by Gasteiger charge is 2.13. The van der Waals surface area contributed by atoms with Gasteiger partial charge in [-0.1, -0.05) is 0 Å². The summed E-state index contributed by atoms with van der Waals surface area (Å²) >= 11 is 3.09. The molecule has 0 atom stereocenters. The highest BCUT2D eigenvalue weighted by Crippen LogP contribution is 2.28. The van der Waals surface area contributed by atoms with Gasteiger partial charge in [-0.15, -0.1) is 3.89 Å². The summed E-state index contributed by atoms with van der Waals surface area (Å²) in [5, 5.41) is 0. The molecule has 1 rings (SSSR count). The molecule has 0 spiro atoms. The Labute approximate surface area is 102 Å². The number of methoxy groups -OCH3 is 1. The first-order chi connectivity index (χ1) is 7.45. The van der Waals surface area contributed by atoms with Crippen molar-refractivity contribution in [2.45, 2.75) is 4.90 Å². The molecule has 0 radical (unpaired) electrons. The SMILES string of the molecule is COCCOc1ccc(S(=O)(=O)F)cc1Br. The molecule has 16 heavy (non-hydrogen) atoms. The van der Waals surface area contributed by atoms with Crippen molar-refractivity contribution in [2.75, 3.05) is 20.3 Å². The van der Waals surface area contributed by atoms with Gasteiger partial charge < -0.3 is 9.47 Å². The minimum absolute atomic E-state index is 0.330. The third-order valence-electron chi connectivity index (χ3n) is 1.73. The summed E-state index contributed by atoms with van der Waals surface area (Å²) in [6.45, 7) is 0.742. The first kappa shape index (κ1) is 13.4. The van der Waals surface area contributed by atoms with Crippen LogP contribution in [0, 0.1) is 0 Å². The molecule has 0 fully saturated rings. The van der Waals surface area contributed by atoms with Gasteiger partial charge in [-0.3, -0.25) is 0 Å². The molecular weight excluding hydrogens is 303 g/mol. The molecule has 0 aliphatic heterocycles.